The van der Waals surface area contributed by atoms with E-state index in [0.717, 1.165) is 19.4 Å². The van der Waals surface area contributed by atoms with Crippen LogP contribution in [0.25, 0.3) is 0 Å². The van der Waals surface area contributed by atoms with E-state index in [1.165, 1.54) is 24.3 Å². The van der Waals surface area contributed by atoms with Gasteiger partial charge in [-0.15, -0.1) is 0 Å². The molecule has 8 heteroatoms. The van der Waals surface area contributed by atoms with Crippen LogP contribution in [0.15, 0.2) is 24.3 Å². The molecule has 7 nitrogen and oxygen atoms in total. The first kappa shape index (κ1) is 15.9. The van der Waals surface area contributed by atoms with E-state index in [1.807, 2.05) is 6.92 Å². The van der Waals surface area contributed by atoms with Gasteiger partial charge in [0.1, 0.15) is 0 Å². The highest BCUT2D eigenvalue weighted by Gasteiger charge is 2.23. The van der Waals surface area contributed by atoms with E-state index in [4.69, 9.17) is 0 Å². The normalized spacial score (nSPS) is 22.9. The molecule has 2 atom stereocenters. The summed E-state index contributed by atoms with van der Waals surface area (Å²) in [4.78, 5) is 10.1. The fourth-order valence-corrected chi connectivity index (χ4v) is 3.90. The summed E-state index contributed by atoms with van der Waals surface area (Å²) >= 11 is 0. The lowest BCUT2D eigenvalue weighted by molar-refractivity contribution is -0.384. The maximum Gasteiger partial charge on any atom is 0.269 e. The summed E-state index contributed by atoms with van der Waals surface area (Å²) in [5.74, 6) is -0.163. The summed E-state index contributed by atoms with van der Waals surface area (Å²) in [6.45, 7) is 2.82. The molecule has 1 aromatic carbocycles. The Balaban J connectivity index is 1.98. The summed E-state index contributed by atoms with van der Waals surface area (Å²) < 4.78 is 27.0. The van der Waals surface area contributed by atoms with Crippen molar-refractivity contribution >= 4 is 15.7 Å². The fourth-order valence-electron chi connectivity index (χ4n) is 2.47. The van der Waals surface area contributed by atoms with Gasteiger partial charge in [0.2, 0.25) is 10.0 Å². The molecule has 0 aromatic heterocycles. The van der Waals surface area contributed by atoms with Crippen LogP contribution in [0.4, 0.5) is 5.69 Å². The number of rotatable bonds is 5. The highest BCUT2D eigenvalue weighted by atomic mass is 32.2. The number of nitrogens with one attached hydrogen (secondary N) is 2. The van der Waals surface area contributed by atoms with Crippen LogP contribution < -0.4 is 10.0 Å². The van der Waals surface area contributed by atoms with Crippen molar-refractivity contribution in [3.8, 4) is 0 Å². The van der Waals surface area contributed by atoms with E-state index in [9.17, 15) is 18.5 Å². The van der Waals surface area contributed by atoms with E-state index in [1.54, 1.807) is 0 Å². The Labute approximate surface area is 123 Å². The molecule has 1 aromatic rings. The molecule has 1 aliphatic rings. The van der Waals surface area contributed by atoms with Gasteiger partial charge in [-0.25, -0.2) is 13.1 Å². The Bertz CT molecular complexity index is 600. The van der Waals surface area contributed by atoms with Crippen LogP contribution in [0.1, 0.15) is 25.3 Å². The largest absolute Gasteiger partial charge is 0.314 e. The van der Waals surface area contributed by atoms with Crippen molar-refractivity contribution in [3.05, 3.63) is 39.9 Å². The number of nitro groups is 1. The second-order valence-corrected chi connectivity index (χ2v) is 7.13. The molecule has 1 fully saturated rings. The van der Waals surface area contributed by atoms with Crippen LogP contribution in [-0.4, -0.2) is 32.0 Å². The van der Waals surface area contributed by atoms with E-state index >= 15 is 0 Å². The summed E-state index contributed by atoms with van der Waals surface area (Å²) in [5.41, 5.74) is 0.492. The van der Waals surface area contributed by atoms with Gasteiger partial charge in [0, 0.05) is 24.2 Å². The lowest BCUT2D eigenvalue weighted by Gasteiger charge is -2.28. The minimum Gasteiger partial charge on any atom is -0.314 e. The second-order valence-electron chi connectivity index (χ2n) is 5.38. The molecule has 116 valence electrons. The Hall–Kier alpha value is -1.51. The molecule has 2 N–H and O–H groups in total. The van der Waals surface area contributed by atoms with Crippen LogP contribution in [0.5, 0.6) is 0 Å². The molecule has 0 saturated carbocycles. The average molecular weight is 313 g/mol. The Morgan fingerprint density at radius 3 is 2.62 bits per heavy atom. The summed E-state index contributed by atoms with van der Waals surface area (Å²) in [6, 6.07) is 5.83. The SMILES string of the molecule is CC1CC(NS(=O)(=O)Cc2ccc([N+](=O)[O-])cc2)CCN1. The van der Waals surface area contributed by atoms with Crippen molar-refractivity contribution in [1.82, 2.24) is 10.0 Å². The van der Waals surface area contributed by atoms with Gasteiger partial charge in [-0.1, -0.05) is 12.1 Å². The van der Waals surface area contributed by atoms with Crippen molar-refractivity contribution in [2.45, 2.75) is 37.6 Å². The van der Waals surface area contributed by atoms with Gasteiger partial charge in [-0.3, -0.25) is 10.1 Å². The highest BCUT2D eigenvalue weighted by Crippen LogP contribution is 2.15. The lowest BCUT2D eigenvalue weighted by Crippen LogP contribution is -2.46. The maximum atomic E-state index is 12.1. The van der Waals surface area contributed by atoms with E-state index in [0.29, 0.717) is 11.6 Å². The second kappa shape index (κ2) is 6.50. The summed E-state index contributed by atoms with van der Waals surface area (Å²) in [7, 11) is -3.44. The zero-order valence-corrected chi connectivity index (χ0v) is 12.6. The molecule has 1 aliphatic heterocycles. The number of benzene rings is 1. The quantitative estimate of drug-likeness (QED) is 0.627. The van der Waals surface area contributed by atoms with Gasteiger partial charge < -0.3 is 5.32 Å². The molecule has 2 unspecified atom stereocenters. The lowest BCUT2D eigenvalue weighted by atomic mass is 10.0. The number of hydrogen-bond acceptors (Lipinski definition) is 5. The average Bonchev–Trinajstić information content (AvgIpc) is 2.38. The molecule has 2 rings (SSSR count). The molecule has 0 radical (unpaired) electrons. The maximum absolute atomic E-state index is 12.1. The predicted molar refractivity (Wildman–Crippen MR) is 79.3 cm³/mol. The van der Waals surface area contributed by atoms with Crippen molar-refractivity contribution in [3.63, 3.8) is 0 Å². The minimum atomic E-state index is -3.44. The monoisotopic (exact) mass is 313 g/mol. The van der Waals surface area contributed by atoms with Crippen LogP contribution in [0.3, 0.4) is 0 Å². The molecule has 1 heterocycles. The predicted octanol–water partition coefficient (Wildman–Crippen LogP) is 1.15. The van der Waals surface area contributed by atoms with Crippen molar-refractivity contribution in [2.75, 3.05) is 6.54 Å². The summed E-state index contributed by atoms with van der Waals surface area (Å²) in [5, 5.41) is 13.8. The number of hydrogen-bond donors (Lipinski definition) is 2. The molecule has 0 aliphatic carbocycles. The van der Waals surface area contributed by atoms with Crippen LogP contribution >= 0.6 is 0 Å². The fraction of sp³-hybridized carbons (Fsp3) is 0.538. The van der Waals surface area contributed by atoms with Crippen LogP contribution in [0.2, 0.25) is 0 Å². The molecule has 21 heavy (non-hydrogen) atoms. The smallest absolute Gasteiger partial charge is 0.269 e. The zero-order chi connectivity index (χ0) is 15.5. The molecule has 0 spiro atoms. The van der Waals surface area contributed by atoms with Crippen molar-refractivity contribution in [1.29, 1.82) is 0 Å². The summed E-state index contributed by atoms with van der Waals surface area (Å²) in [6.07, 6.45) is 1.53. The molecule has 1 saturated heterocycles. The van der Waals surface area contributed by atoms with Crippen LogP contribution in [-0.2, 0) is 15.8 Å². The number of sulfonamides is 1. The first-order chi connectivity index (χ1) is 9.85. The van der Waals surface area contributed by atoms with Gasteiger partial charge in [0.15, 0.2) is 0 Å². The Morgan fingerprint density at radius 1 is 1.38 bits per heavy atom. The highest BCUT2D eigenvalue weighted by molar-refractivity contribution is 7.88. The molecular formula is C13H19N3O4S. The number of piperidine rings is 1. The topological polar surface area (TPSA) is 101 Å². The number of nitrogens with zero attached hydrogens (tertiary/aromatic N) is 1. The number of non-ortho nitro benzene ring substituents is 1. The first-order valence-electron chi connectivity index (χ1n) is 6.82. The van der Waals surface area contributed by atoms with E-state index in [2.05, 4.69) is 10.0 Å². The Kier molecular flexibility index (Phi) is 4.92. The minimum absolute atomic E-state index is 0.0451. The molecule has 0 amide bonds. The van der Waals surface area contributed by atoms with Gasteiger partial charge in [0.05, 0.1) is 10.7 Å². The molecular weight excluding hydrogens is 294 g/mol. The third-order valence-electron chi connectivity index (χ3n) is 3.47. The number of nitro benzene ring substituents is 1. The van der Waals surface area contributed by atoms with Gasteiger partial charge >= 0.3 is 0 Å². The van der Waals surface area contributed by atoms with E-state index < -0.39 is 14.9 Å². The first-order valence-corrected chi connectivity index (χ1v) is 8.48. The standard InChI is InChI=1S/C13H19N3O4S/c1-10-8-12(6-7-14-10)15-21(19,20)9-11-2-4-13(5-3-11)16(17)18/h2-5,10,12,14-15H,6-9H2,1H3. The zero-order valence-electron chi connectivity index (χ0n) is 11.8. The van der Waals surface area contributed by atoms with Gasteiger partial charge in [0.25, 0.3) is 5.69 Å². The van der Waals surface area contributed by atoms with Gasteiger partial charge in [-0.05, 0) is 31.9 Å². The Morgan fingerprint density at radius 2 is 2.05 bits per heavy atom. The van der Waals surface area contributed by atoms with Crippen molar-refractivity contribution in [2.24, 2.45) is 0 Å². The van der Waals surface area contributed by atoms with Crippen molar-refractivity contribution < 1.29 is 13.3 Å². The van der Waals surface area contributed by atoms with Crippen LogP contribution in [0, 0.1) is 10.1 Å². The molecule has 0 bridgehead atoms. The van der Waals surface area contributed by atoms with Gasteiger partial charge in [-0.2, -0.15) is 0 Å². The van der Waals surface area contributed by atoms with E-state index in [-0.39, 0.29) is 17.5 Å². The third kappa shape index (κ3) is 4.76. The third-order valence-corrected chi connectivity index (χ3v) is 4.88.